The van der Waals surface area contributed by atoms with Crippen LogP contribution in [0.5, 0.6) is 0 Å². The van der Waals surface area contributed by atoms with Gasteiger partial charge in [0.15, 0.2) is 0 Å². The molecule has 0 bridgehead atoms. The van der Waals surface area contributed by atoms with Gasteiger partial charge in [-0.3, -0.25) is 4.79 Å². The molecule has 0 saturated carbocycles. The summed E-state index contributed by atoms with van der Waals surface area (Å²) in [5.41, 5.74) is 8.16. The molecule has 5 heteroatoms. The van der Waals surface area contributed by atoms with Crippen molar-refractivity contribution >= 4 is 26.4 Å². The number of hydrogen-bond donors (Lipinski definition) is 1. The van der Waals surface area contributed by atoms with Crippen molar-refractivity contribution in [2.75, 3.05) is 5.73 Å². The molecular formula is C12H10N2OS2. The number of aromatic nitrogens is 1. The van der Waals surface area contributed by atoms with Crippen LogP contribution >= 0.6 is 20.7 Å². The Morgan fingerprint density at radius 2 is 1.76 bits per heavy atom. The molecule has 0 aromatic heterocycles. The predicted molar refractivity (Wildman–Crippen MR) is 73.9 cm³/mol. The van der Waals surface area contributed by atoms with E-state index in [1.807, 2.05) is 30.3 Å². The Morgan fingerprint density at radius 3 is 2.47 bits per heavy atom. The summed E-state index contributed by atoms with van der Waals surface area (Å²) in [5, 5.41) is 0. The molecule has 0 amide bonds. The lowest BCUT2D eigenvalue weighted by atomic mass is 10.1. The standard InChI is InChI=1S/C12H10N2OS2/c1-14-9-10(7-5-3-2-4-6-7)16-17-11(9)8(13)12(14)15/h2-6H,13H2,1H3. The van der Waals surface area contributed by atoms with Crippen LogP contribution in [0.15, 0.2) is 35.1 Å². The fourth-order valence-corrected chi connectivity index (χ4v) is 4.70. The molecule has 0 saturated heterocycles. The summed E-state index contributed by atoms with van der Waals surface area (Å²) in [7, 11) is 5.00. The van der Waals surface area contributed by atoms with E-state index in [-0.39, 0.29) is 5.56 Å². The Balaban J connectivity index is 2.32. The van der Waals surface area contributed by atoms with Gasteiger partial charge in [-0.25, -0.2) is 0 Å². The fourth-order valence-electron chi connectivity index (χ4n) is 1.90. The van der Waals surface area contributed by atoms with Gasteiger partial charge in [-0.15, -0.1) is 0 Å². The second-order valence-electron chi connectivity index (χ2n) is 3.82. The van der Waals surface area contributed by atoms with Gasteiger partial charge in [0, 0.05) is 7.05 Å². The highest BCUT2D eigenvalue weighted by molar-refractivity contribution is 7.72. The number of benzene rings is 1. The van der Waals surface area contributed by atoms with Gasteiger partial charge in [0.2, 0.25) is 0 Å². The molecule has 0 unspecified atom stereocenters. The van der Waals surface area contributed by atoms with Crippen molar-refractivity contribution in [1.82, 2.24) is 4.57 Å². The molecule has 0 radical (unpaired) electrons. The number of rotatable bonds is 1. The number of nitrogen functional groups attached to an aromatic ring is 1. The number of fused-ring (bicyclic) bond motifs is 1. The summed E-state index contributed by atoms with van der Waals surface area (Å²) >= 11 is 0. The van der Waals surface area contributed by atoms with Crippen LogP contribution in [0.4, 0.5) is 5.69 Å². The Kier molecular flexibility index (Phi) is 2.31. The molecule has 2 N–H and O–H groups in total. The van der Waals surface area contributed by atoms with Gasteiger partial charge >= 0.3 is 0 Å². The molecule has 2 aliphatic heterocycles. The van der Waals surface area contributed by atoms with Gasteiger partial charge in [0.25, 0.3) is 5.56 Å². The first kappa shape index (κ1) is 10.6. The summed E-state index contributed by atoms with van der Waals surface area (Å²) in [6.45, 7) is 0. The van der Waals surface area contributed by atoms with Crippen LogP contribution in [0, 0.1) is 0 Å². The van der Waals surface area contributed by atoms with E-state index in [2.05, 4.69) is 0 Å². The van der Waals surface area contributed by atoms with E-state index >= 15 is 0 Å². The first-order chi connectivity index (χ1) is 8.20. The Labute approximate surface area is 105 Å². The molecule has 2 aliphatic rings. The molecule has 0 fully saturated rings. The minimum atomic E-state index is -0.101. The normalized spacial score (nSPS) is 11.1. The van der Waals surface area contributed by atoms with Gasteiger partial charge in [-0.2, -0.15) is 0 Å². The van der Waals surface area contributed by atoms with E-state index in [4.69, 9.17) is 5.73 Å². The summed E-state index contributed by atoms with van der Waals surface area (Å²) < 4.78 is 1.64. The van der Waals surface area contributed by atoms with Crippen LogP contribution in [0.3, 0.4) is 0 Å². The molecular weight excluding hydrogens is 252 g/mol. The van der Waals surface area contributed by atoms with E-state index < -0.39 is 0 Å². The van der Waals surface area contributed by atoms with Crippen LogP contribution in [0.2, 0.25) is 0 Å². The van der Waals surface area contributed by atoms with Crippen molar-refractivity contribution in [2.24, 2.45) is 7.05 Å². The van der Waals surface area contributed by atoms with Gasteiger partial charge in [-0.1, -0.05) is 51.0 Å². The van der Waals surface area contributed by atoms with Gasteiger partial charge in [0.05, 0.1) is 15.4 Å². The van der Waals surface area contributed by atoms with Crippen molar-refractivity contribution in [3.63, 3.8) is 0 Å². The van der Waals surface area contributed by atoms with E-state index in [0.29, 0.717) is 5.69 Å². The summed E-state index contributed by atoms with van der Waals surface area (Å²) in [6.07, 6.45) is 0. The van der Waals surface area contributed by atoms with Crippen molar-refractivity contribution in [3.8, 4) is 21.0 Å². The third-order valence-electron chi connectivity index (χ3n) is 2.79. The van der Waals surface area contributed by atoms with Crippen molar-refractivity contribution in [2.45, 2.75) is 0 Å². The molecule has 86 valence electrons. The van der Waals surface area contributed by atoms with Crippen LogP contribution in [0.25, 0.3) is 21.0 Å². The monoisotopic (exact) mass is 262 g/mol. The SMILES string of the molecule is Cn1c2c(-c3ccccc3)ssc-2c(N)c1=O. The summed E-state index contributed by atoms with van der Waals surface area (Å²) in [6, 6.07) is 10.1. The van der Waals surface area contributed by atoms with Crippen LogP contribution < -0.4 is 11.3 Å². The zero-order valence-corrected chi connectivity index (χ0v) is 10.8. The predicted octanol–water partition coefficient (Wildman–Crippen LogP) is 2.86. The zero-order valence-electron chi connectivity index (χ0n) is 9.14. The lowest BCUT2D eigenvalue weighted by molar-refractivity contribution is 0.903. The quantitative estimate of drug-likeness (QED) is 0.685. The van der Waals surface area contributed by atoms with E-state index in [1.165, 1.54) is 0 Å². The summed E-state index contributed by atoms with van der Waals surface area (Å²) in [5.74, 6) is 0. The molecule has 3 nitrogen and oxygen atoms in total. The number of hydrogen-bond acceptors (Lipinski definition) is 4. The molecule has 0 atom stereocenters. The maximum Gasteiger partial charge on any atom is 0.275 e. The molecule has 1 aromatic carbocycles. The van der Waals surface area contributed by atoms with Crippen LogP contribution in [0.1, 0.15) is 0 Å². The van der Waals surface area contributed by atoms with Gasteiger partial charge in [0.1, 0.15) is 5.69 Å². The largest absolute Gasteiger partial charge is 0.393 e. The number of anilines is 1. The van der Waals surface area contributed by atoms with E-state index in [9.17, 15) is 4.79 Å². The first-order valence-corrected chi connectivity index (χ1v) is 7.27. The third kappa shape index (κ3) is 1.43. The second kappa shape index (κ2) is 3.72. The van der Waals surface area contributed by atoms with Crippen LogP contribution in [-0.4, -0.2) is 4.57 Å². The lowest BCUT2D eigenvalue weighted by Crippen LogP contribution is -2.13. The third-order valence-corrected chi connectivity index (χ3v) is 5.30. The zero-order chi connectivity index (χ0) is 12.0. The highest BCUT2D eigenvalue weighted by Gasteiger charge is 2.23. The Morgan fingerprint density at radius 1 is 1.12 bits per heavy atom. The first-order valence-electron chi connectivity index (χ1n) is 5.12. The Bertz CT molecular complexity index is 693. The second-order valence-corrected chi connectivity index (χ2v) is 5.97. The molecule has 3 rings (SSSR count). The van der Waals surface area contributed by atoms with E-state index in [1.54, 1.807) is 32.3 Å². The van der Waals surface area contributed by atoms with E-state index in [0.717, 1.165) is 21.0 Å². The topological polar surface area (TPSA) is 48.0 Å². The smallest absolute Gasteiger partial charge is 0.275 e. The average molecular weight is 262 g/mol. The maximum atomic E-state index is 11.8. The lowest BCUT2D eigenvalue weighted by Gasteiger charge is -2.01. The molecule has 1 aromatic rings. The molecule has 2 heterocycles. The number of nitrogens with zero attached hydrogens (tertiary/aromatic N) is 1. The highest BCUT2D eigenvalue weighted by atomic mass is 32.9. The van der Waals surface area contributed by atoms with Gasteiger partial charge in [-0.05, 0) is 5.56 Å². The number of nitrogens with two attached hydrogens (primary N) is 1. The minimum Gasteiger partial charge on any atom is -0.393 e. The Hall–Kier alpha value is -1.59. The van der Waals surface area contributed by atoms with Crippen molar-refractivity contribution < 1.29 is 0 Å². The van der Waals surface area contributed by atoms with Crippen molar-refractivity contribution in [1.29, 1.82) is 0 Å². The maximum absolute atomic E-state index is 11.8. The molecule has 0 spiro atoms. The van der Waals surface area contributed by atoms with Crippen molar-refractivity contribution in [3.05, 3.63) is 40.7 Å². The molecule has 17 heavy (non-hydrogen) atoms. The fraction of sp³-hybridized carbons (Fsp3) is 0.0833. The average Bonchev–Trinajstić information content (AvgIpc) is 2.88. The summed E-state index contributed by atoms with van der Waals surface area (Å²) in [4.78, 5) is 13.8. The molecule has 0 aliphatic carbocycles. The van der Waals surface area contributed by atoms with Gasteiger partial charge < -0.3 is 10.3 Å². The minimum absolute atomic E-state index is 0.101. The highest BCUT2D eigenvalue weighted by Crippen LogP contribution is 2.45. The van der Waals surface area contributed by atoms with Crippen LogP contribution in [-0.2, 0) is 7.05 Å².